The zero-order valence-corrected chi connectivity index (χ0v) is 24.4. The van der Waals surface area contributed by atoms with E-state index in [2.05, 4.69) is 73.1 Å². The van der Waals surface area contributed by atoms with Gasteiger partial charge in [-0.3, -0.25) is 0 Å². The molecule has 0 radical (unpaired) electrons. The van der Waals surface area contributed by atoms with Crippen LogP contribution in [0, 0.1) is 0 Å². The summed E-state index contributed by atoms with van der Waals surface area (Å²) in [5.74, 6) is 1.59. The number of imidazole rings is 2. The number of carbonyl (C=O) groups excluding carboxylic acids is 2. The molecule has 0 saturated carbocycles. The highest BCUT2D eigenvalue weighted by atomic mass is 16.6. The first-order chi connectivity index (χ1) is 21.0. The molecule has 2 aromatic carbocycles. The minimum atomic E-state index is -0.416. The maximum Gasteiger partial charge on any atom is 0.407 e. The third-order valence-electron chi connectivity index (χ3n) is 8.27. The van der Waals surface area contributed by atoms with Gasteiger partial charge < -0.3 is 29.2 Å². The number of nitrogens with zero attached hydrogens (tertiary/aromatic N) is 4. The van der Waals surface area contributed by atoms with Gasteiger partial charge in [0.25, 0.3) is 0 Å². The Kier molecular flexibility index (Phi) is 8.72. The van der Waals surface area contributed by atoms with Crippen LogP contribution in [0.4, 0.5) is 9.59 Å². The summed E-state index contributed by atoms with van der Waals surface area (Å²) in [4.78, 5) is 33.6. The Bertz CT molecular complexity index is 1530. The van der Waals surface area contributed by atoms with Crippen LogP contribution in [0.5, 0.6) is 0 Å². The number of rotatable bonds is 11. The zero-order valence-electron chi connectivity index (χ0n) is 24.4. The van der Waals surface area contributed by atoms with E-state index in [4.69, 9.17) is 9.47 Å². The van der Waals surface area contributed by atoms with Gasteiger partial charge in [0.2, 0.25) is 0 Å². The molecule has 2 amide bonds. The second kappa shape index (κ2) is 13.1. The first-order valence-electron chi connectivity index (χ1n) is 15.1. The largest absolute Gasteiger partial charge is 0.438 e. The molecule has 6 rings (SSSR count). The van der Waals surface area contributed by atoms with Gasteiger partial charge in [0.1, 0.15) is 5.82 Å². The maximum atomic E-state index is 12.6. The normalized spacial score (nSPS) is 20.3. The molecule has 43 heavy (non-hydrogen) atoms. The molecule has 0 fully saturated rings. The fourth-order valence-corrected chi connectivity index (χ4v) is 6.16. The molecule has 10 nitrogen and oxygen atoms in total. The zero-order chi connectivity index (χ0) is 29.6. The van der Waals surface area contributed by atoms with Gasteiger partial charge in [-0.2, -0.15) is 0 Å². The third-order valence-corrected chi connectivity index (χ3v) is 8.27. The molecule has 4 aromatic rings. The van der Waals surface area contributed by atoms with Crippen molar-refractivity contribution in [2.24, 2.45) is 0 Å². The second-order valence-electron chi connectivity index (χ2n) is 11.3. The minimum Gasteiger partial charge on any atom is -0.438 e. The summed E-state index contributed by atoms with van der Waals surface area (Å²) in [7, 11) is 0. The van der Waals surface area contributed by atoms with Crippen LogP contribution in [0.25, 0.3) is 0 Å². The summed E-state index contributed by atoms with van der Waals surface area (Å²) >= 11 is 0. The van der Waals surface area contributed by atoms with Crippen LogP contribution >= 0.6 is 0 Å². The fraction of sp³-hybridized carbons (Fsp3) is 0.394. The van der Waals surface area contributed by atoms with E-state index in [1.165, 1.54) is 16.7 Å². The van der Waals surface area contributed by atoms with Gasteiger partial charge in [-0.25, -0.2) is 19.6 Å². The Morgan fingerprint density at radius 3 is 2.02 bits per heavy atom. The summed E-state index contributed by atoms with van der Waals surface area (Å²) in [5, 5.41) is 5.77. The standard InChI is InChI=1S/C33H38N6O4/c1-23-20-28(30-34-16-18-38(23)30)42-32(40)36-14-6-10-24-8-5-9-25(21-24)11-7-15-37-33(41)43-29-22-27(26-12-3-2-4-13-26)39-19-17-35-31(29)39/h2-5,8-9,12-13,16-19,21,23,27-29H,6-7,10-11,14-15,20,22H2,1H3,(H,36,40)(H,37,41)/t23-,27+,28-,29-/m1/s1. The first-order valence-corrected chi connectivity index (χ1v) is 15.1. The van der Waals surface area contributed by atoms with E-state index in [9.17, 15) is 9.59 Å². The van der Waals surface area contributed by atoms with Crippen molar-refractivity contribution >= 4 is 12.2 Å². The summed E-state index contributed by atoms with van der Waals surface area (Å²) < 4.78 is 15.5. The summed E-state index contributed by atoms with van der Waals surface area (Å²) in [6.07, 6.45) is 10.6. The molecule has 0 spiro atoms. The number of hydrogen-bond donors (Lipinski definition) is 2. The van der Waals surface area contributed by atoms with E-state index < -0.39 is 12.2 Å². The average Bonchev–Trinajstić information content (AvgIpc) is 3.80. The van der Waals surface area contributed by atoms with Crippen molar-refractivity contribution in [2.45, 2.75) is 69.7 Å². The van der Waals surface area contributed by atoms with E-state index in [-0.39, 0.29) is 24.3 Å². The van der Waals surface area contributed by atoms with Crippen LogP contribution in [0.15, 0.2) is 79.4 Å². The predicted octanol–water partition coefficient (Wildman–Crippen LogP) is 5.84. The van der Waals surface area contributed by atoms with Gasteiger partial charge in [0.15, 0.2) is 18.0 Å². The molecule has 0 saturated heterocycles. The molecule has 4 heterocycles. The number of fused-ring (bicyclic) bond motifs is 2. The molecule has 2 aliphatic heterocycles. The Balaban J connectivity index is 0.879. The lowest BCUT2D eigenvalue weighted by Crippen LogP contribution is -2.27. The van der Waals surface area contributed by atoms with Crippen LogP contribution in [-0.4, -0.2) is 44.4 Å². The predicted molar refractivity (Wildman–Crippen MR) is 161 cm³/mol. The number of nitrogens with one attached hydrogen (secondary N) is 2. The monoisotopic (exact) mass is 582 g/mol. The number of aromatic nitrogens is 4. The van der Waals surface area contributed by atoms with Crippen molar-refractivity contribution in [1.29, 1.82) is 0 Å². The Morgan fingerprint density at radius 1 is 0.791 bits per heavy atom. The number of benzene rings is 2. The highest BCUT2D eigenvalue weighted by Crippen LogP contribution is 2.39. The fourth-order valence-electron chi connectivity index (χ4n) is 6.16. The summed E-state index contributed by atoms with van der Waals surface area (Å²) in [6, 6.07) is 19.1. The van der Waals surface area contributed by atoms with E-state index in [1.807, 2.05) is 30.6 Å². The molecule has 2 N–H and O–H groups in total. The Labute approximate surface area is 251 Å². The van der Waals surface area contributed by atoms with Crippen molar-refractivity contribution in [3.8, 4) is 0 Å². The molecule has 4 atom stereocenters. The van der Waals surface area contributed by atoms with Gasteiger partial charge in [-0.05, 0) is 49.3 Å². The van der Waals surface area contributed by atoms with Gasteiger partial charge in [0, 0.05) is 56.8 Å². The number of amides is 2. The smallest absolute Gasteiger partial charge is 0.407 e. The lowest BCUT2D eigenvalue weighted by molar-refractivity contribution is 0.0936. The van der Waals surface area contributed by atoms with E-state index >= 15 is 0 Å². The Morgan fingerprint density at radius 2 is 1.37 bits per heavy atom. The molecule has 0 unspecified atom stereocenters. The molecule has 2 aliphatic rings. The number of carbonyl (C=O) groups is 2. The van der Waals surface area contributed by atoms with Gasteiger partial charge in [-0.1, -0.05) is 54.6 Å². The van der Waals surface area contributed by atoms with Crippen molar-refractivity contribution in [3.05, 3.63) is 108 Å². The van der Waals surface area contributed by atoms with Crippen molar-refractivity contribution in [3.63, 3.8) is 0 Å². The molecular weight excluding hydrogens is 544 g/mol. The van der Waals surface area contributed by atoms with E-state index in [1.54, 1.807) is 12.4 Å². The number of aryl methyl sites for hydroxylation is 2. The van der Waals surface area contributed by atoms with E-state index in [0.717, 1.165) is 43.8 Å². The van der Waals surface area contributed by atoms with Gasteiger partial charge in [-0.15, -0.1) is 0 Å². The lowest BCUT2D eigenvalue weighted by Gasteiger charge is -2.14. The SMILES string of the molecule is C[C@@H]1C[C@@H](OC(=O)NCCCc2cccc(CCCNC(=O)O[C@@H]3C[C@@H](c4ccccc4)n4ccnc43)c2)c2nccn21. The van der Waals surface area contributed by atoms with Crippen molar-refractivity contribution < 1.29 is 19.1 Å². The molecule has 224 valence electrons. The highest BCUT2D eigenvalue weighted by Gasteiger charge is 2.35. The van der Waals surface area contributed by atoms with Crippen molar-refractivity contribution in [2.75, 3.05) is 13.1 Å². The second-order valence-corrected chi connectivity index (χ2v) is 11.3. The van der Waals surface area contributed by atoms with Crippen molar-refractivity contribution in [1.82, 2.24) is 29.7 Å². The number of ether oxygens (including phenoxy) is 2. The third kappa shape index (κ3) is 6.74. The van der Waals surface area contributed by atoms with Gasteiger partial charge >= 0.3 is 12.2 Å². The Hall–Kier alpha value is -4.60. The molecular formula is C33H38N6O4. The molecule has 2 aromatic heterocycles. The van der Waals surface area contributed by atoms with Crippen LogP contribution < -0.4 is 10.6 Å². The number of hydrogen-bond acceptors (Lipinski definition) is 6. The highest BCUT2D eigenvalue weighted by molar-refractivity contribution is 5.67. The van der Waals surface area contributed by atoms with Crippen LogP contribution in [0.2, 0.25) is 0 Å². The van der Waals surface area contributed by atoms with Gasteiger partial charge in [0.05, 0.1) is 6.04 Å². The summed E-state index contributed by atoms with van der Waals surface area (Å²) in [5.41, 5.74) is 3.61. The summed E-state index contributed by atoms with van der Waals surface area (Å²) in [6.45, 7) is 3.16. The molecule has 10 heteroatoms. The quantitative estimate of drug-likeness (QED) is 0.215. The first kappa shape index (κ1) is 28.5. The lowest BCUT2D eigenvalue weighted by atomic mass is 10.0. The minimum absolute atomic E-state index is 0.112. The van der Waals surface area contributed by atoms with E-state index in [0.29, 0.717) is 19.5 Å². The molecule has 0 bridgehead atoms. The number of alkyl carbamates (subject to hydrolysis) is 2. The average molecular weight is 583 g/mol. The topological polar surface area (TPSA) is 112 Å². The van der Waals surface area contributed by atoms with Crippen LogP contribution in [0.1, 0.15) is 85.2 Å². The maximum absolute atomic E-state index is 12.6. The molecule has 0 aliphatic carbocycles. The van der Waals surface area contributed by atoms with Crippen LogP contribution in [0.3, 0.4) is 0 Å². The van der Waals surface area contributed by atoms with Crippen LogP contribution in [-0.2, 0) is 22.3 Å².